The number of methoxy groups -OCH3 is 3. The van der Waals surface area contributed by atoms with Crippen LogP contribution in [0.5, 0.6) is 17.2 Å². The van der Waals surface area contributed by atoms with Gasteiger partial charge in [0.25, 0.3) is 11.6 Å². The highest BCUT2D eigenvalue weighted by Gasteiger charge is 2.18. The summed E-state index contributed by atoms with van der Waals surface area (Å²) in [5, 5.41) is 17.1. The van der Waals surface area contributed by atoms with E-state index in [0.29, 0.717) is 33.5 Å². The third-order valence-electron chi connectivity index (χ3n) is 5.43. The Morgan fingerprint density at radius 2 is 1.76 bits per heavy atom. The number of anilines is 1. The second-order valence-corrected chi connectivity index (χ2v) is 9.02. The first kappa shape index (κ1) is 26.3. The third-order valence-corrected chi connectivity index (χ3v) is 6.43. The predicted molar refractivity (Wildman–Crippen MR) is 148 cm³/mol. The number of nitrogens with zero attached hydrogens (tertiary/aromatic N) is 4. The van der Waals surface area contributed by atoms with Crippen LogP contribution in [0.4, 0.5) is 10.8 Å². The molecule has 1 amide bonds. The normalized spacial score (nSPS) is 11.3. The highest BCUT2D eigenvalue weighted by molar-refractivity contribution is 7.22. The van der Waals surface area contributed by atoms with Crippen LogP contribution in [-0.2, 0) is 4.79 Å². The maximum Gasteiger partial charge on any atom is 0.273 e. The van der Waals surface area contributed by atoms with Gasteiger partial charge in [-0.05, 0) is 48.4 Å². The van der Waals surface area contributed by atoms with Gasteiger partial charge in [0.2, 0.25) is 10.9 Å². The van der Waals surface area contributed by atoms with Gasteiger partial charge in [0.1, 0.15) is 0 Å². The number of rotatable bonds is 9. The fraction of sp³-hybridized carbons (Fsp3) is 0.148. The van der Waals surface area contributed by atoms with E-state index in [0.717, 1.165) is 15.8 Å². The Labute approximate surface area is 222 Å². The minimum Gasteiger partial charge on any atom is -0.493 e. The van der Waals surface area contributed by atoms with E-state index >= 15 is 0 Å². The van der Waals surface area contributed by atoms with Crippen LogP contribution < -0.4 is 19.2 Å². The summed E-state index contributed by atoms with van der Waals surface area (Å²) in [5.41, 5.74) is 2.83. The number of non-ortho nitro benzene ring substituents is 1. The molecule has 4 aromatic rings. The fourth-order valence-corrected chi connectivity index (χ4v) is 4.62. The molecule has 0 aliphatic heterocycles. The van der Waals surface area contributed by atoms with Crippen LogP contribution >= 0.6 is 11.3 Å². The van der Waals surface area contributed by atoms with Gasteiger partial charge in [-0.1, -0.05) is 29.5 Å². The van der Waals surface area contributed by atoms with E-state index in [1.54, 1.807) is 24.3 Å². The van der Waals surface area contributed by atoms with Crippen molar-refractivity contribution in [2.45, 2.75) is 6.92 Å². The summed E-state index contributed by atoms with van der Waals surface area (Å²) in [6.07, 6.45) is 4.28. The molecule has 3 aromatic carbocycles. The van der Waals surface area contributed by atoms with Gasteiger partial charge in [-0.2, -0.15) is 10.1 Å². The minimum absolute atomic E-state index is 0.0709. The number of carbonyl (C=O) groups excluding carboxylic acids is 1. The molecule has 0 atom stereocenters. The van der Waals surface area contributed by atoms with Gasteiger partial charge in [0, 0.05) is 23.8 Å². The second kappa shape index (κ2) is 11.5. The van der Waals surface area contributed by atoms with E-state index < -0.39 is 10.8 Å². The van der Waals surface area contributed by atoms with Gasteiger partial charge in [-0.3, -0.25) is 14.9 Å². The van der Waals surface area contributed by atoms with Crippen molar-refractivity contribution in [3.63, 3.8) is 0 Å². The van der Waals surface area contributed by atoms with Crippen molar-refractivity contribution in [2.75, 3.05) is 26.3 Å². The maximum atomic E-state index is 13.3. The van der Waals surface area contributed by atoms with Gasteiger partial charge in [0.05, 0.1) is 42.7 Å². The smallest absolute Gasteiger partial charge is 0.273 e. The van der Waals surface area contributed by atoms with Gasteiger partial charge in [-0.15, -0.1) is 0 Å². The lowest BCUT2D eigenvalue weighted by molar-refractivity contribution is -0.384. The lowest BCUT2D eigenvalue weighted by atomic mass is 10.2. The Hall–Kier alpha value is -4.77. The number of carbonyl (C=O) groups is 1. The quantitative estimate of drug-likeness (QED) is 0.119. The van der Waals surface area contributed by atoms with Gasteiger partial charge < -0.3 is 14.2 Å². The van der Waals surface area contributed by atoms with Crippen molar-refractivity contribution in [3.05, 3.63) is 87.5 Å². The van der Waals surface area contributed by atoms with E-state index in [4.69, 9.17) is 14.2 Å². The number of thiazole rings is 1. The van der Waals surface area contributed by atoms with Crippen LogP contribution in [0.3, 0.4) is 0 Å². The van der Waals surface area contributed by atoms with E-state index in [-0.39, 0.29) is 5.69 Å². The highest BCUT2D eigenvalue weighted by Crippen LogP contribution is 2.38. The molecule has 0 unspecified atom stereocenters. The molecular weight excluding hydrogens is 508 g/mol. The molecule has 194 valence electrons. The summed E-state index contributed by atoms with van der Waals surface area (Å²) in [7, 11) is 4.53. The van der Waals surface area contributed by atoms with Crippen molar-refractivity contribution in [2.24, 2.45) is 5.10 Å². The molecule has 1 aromatic heterocycles. The van der Waals surface area contributed by atoms with Crippen LogP contribution in [0.1, 0.15) is 16.7 Å². The monoisotopic (exact) mass is 532 g/mol. The van der Waals surface area contributed by atoms with Crippen LogP contribution in [0, 0.1) is 17.0 Å². The number of aromatic nitrogens is 1. The predicted octanol–water partition coefficient (Wildman–Crippen LogP) is 5.62. The van der Waals surface area contributed by atoms with Crippen molar-refractivity contribution >= 4 is 50.6 Å². The zero-order chi connectivity index (χ0) is 27.2. The minimum atomic E-state index is -0.490. The molecule has 10 nitrogen and oxygen atoms in total. The summed E-state index contributed by atoms with van der Waals surface area (Å²) in [6, 6.07) is 15.2. The van der Waals surface area contributed by atoms with Gasteiger partial charge in [-0.25, -0.2) is 4.98 Å². The molecule has 11 heteroatoms. The number of ether oxygens (including phenoxy) is 3. The molecule has 0 spiro atoms. The molecule has 0 aliphatic carbocycles. The Morgan fingerprint density at radius 1 is 1.03 bits per heavy atom. The topological polar surface area (TPSA) is 116 Å². The first-order chi connectivity index (χ1) is 18.3. The van der Waals surface area contributed by atoms with Gasteiger partial charge in [0.15, 0.2) is 11.5 Å². The lowest BCUT2D eigenvalue weighted by Crippen LogP contribution is -2.23. The Morgan fingerprint density at radius 3 is 2.42 bits per heavy atom. The number of aryl methyl sites for hydroxylation is 1. The van der Waals surface area contributed by atoms with Crippen molar-refractivity contribution in [1.82, 2.24) is 4.98 Å². The number of hydrogen-bond donors (Lipinski definition) is 0. The van der Waals surface area contributed by atoms with Crippen molar-refractivity contribution in [1.29, 1.82) is 0 Å². The largest absolute Gasteiger partial charge is 0.493 e. The zero-order valence-electron chi connectivity index (χ0n) is 21.1. The number of amides is 1. The number of nitro benzene ring substituents is 1. The summed E-state index contributed by atoms with van der Waals surface area (Å²) in [4.78, 5) is 28.5. The lowest BCUT2D eigenvalue weighted by Gasteiger charge is -2.14. The third kappa shape index (κ3) is 5.79. The van der Waals surface area contributed by atoms with Crippen molar-refractivity contribution in [3.8, 4) is 17.2 Å². The molecule has 0 N–H and O–H groups in total. The SMILES string of the molecule is COc1cc(/C=N/N(C(=O)/C=C/c2cccc([N+](=O)[O-])c2)c2nc3ccc(C)cc3s2)cc(OC)c1OC. The van der Waals surface area contributed by atoms with Gasteiger partial charge >= 0.3 is 0 Å². The molecule has 0 bridgehead atoms. The number of fused-ring (bicyclic) bond motifs is 1. The highest BCUT2D eigenvalue weighted by atomic mass is 32.1. The zero-order valence-corrected chi connectivity index (χ0v) is 21.9. The molecular formula is C27H24N4O6S. The van der Waals surface area contributed by atoms with E-state index in [1.807, 2.05) is 25.1 Å². The molecule has 4 rings (SSSR count). The average molecular weight is 533 g/mol. The summed E-state index contributed by atoms with van der Waals surface area (Å²) in [6.45, 7) is 1.98. The van der Waals surface area contributed by atoms with Crippen LogP contribution in [0.2, 0.25) is 0 Å². The molecule has 0 aliphatic rings. The molecule has 0 radical (unpaired) electrons. The molecule has 0 saturated heterocycles. The Bertz CT molecular complexity index is 1540. The second-order valence-electron chi connectivity index (χ2n) is 8.01. The van der Waals surface area contributed by atoms with Crippen LogP contribution in [-0.4, -0.2) is 43.4 Å². The Balaban J connectivity index is 1.73. The summed E-state index contributed by atoms with van der Waals surface area (Å²) < 4.78 is 17.1. The number of hydrogen-bond acceptors (Lipinski definition) is 9. The first-order valence-electron chi connectivity index (χ1n) is 11.3. The summed E-state index contributed by atoms with van der Waals surface area (Å²) >= 11 is 1.32. The molecule has 1 heterocycles. The number of nitro groups is 1. The Kier molecular flexibility index (Phi) is 7.97. The van der Waals surface area contributed by atoms with Crippen molar-refractivity contribution < 1.29 is 23.9 Å². The fourth-order valence-electron chi connectivity index (χ4n) is 3.59. The standard InChI is InChI=1S/C27H24N4O6S/c1-17-8-10-21-24(12-17)38-27(29-21)30(25(32)11-9-18-6-5-7-20(13-18)31(33)34)28-16-19-14-22(35-2)26(37-4)23(15-19)36-3/h5-16H,1-4H3/b11-9+,28-16+. The number of hydrazone groups is 1. The average Bonchev–Trinajstić information content (AvgIpc) is 3.34. The van der Waals surface area contributed by atoms with E-state index in [9.17, 15) is 14.9 Å². The maximum absolute atomic E-state index is 13.3. The van der Waals surface area contributed by atoms with E-state index in [1.165, 1.54) is 68.2 Å². The van der Waals surface area contributed by atoms with Crippen LogP contribution in [0.15, 0.2) is 65.8 Å². The molecule has 0 fully saturated rings. The molecule has 0 saturated carbocycles. The number of benzene rings is 3. The summed E-state index contributed by atoms with van der Waals surface area (Å²) in [5.74, 6) is 0.817. The first-order valence-corrected chi connectivity index (χ1v) is 12.1. The molecule has 38 heavy (non-hydrogen) atoms. The van der Waals surface area contributed by atoms with Crippen LogP contribution in [0.25, 0.3) is 16.3 Å². The van der Waals surface area contributed by atoms with E-state index in [2.05, 4.69) is 10.1 Å².